The maximum Gasteiger partial charge on any atom is 0.348 e. The van der Waals surface area contributed by atoms with E-state index in [4.69, 9.17) is 10.4 Å². The monoisotopic (exact) mass is 341 g/mol. The molecule has 0 unspecified atom stereocenters. The summed E-state index contributed by atoms with van der Waals surface area (Å²) in [5.74, 6) is 4.79. The molecule has 3 N–H and O–H groups in total. The molecule has 0 saturated carbocycles. The lowest BCUT2D eigenvalue weighted by molar-refractivity contribution is 0.0944. The molecule has 2 aromatic heterocycles. The van der Waals surface area contributed by atoms with Crippen LogP contribution in [0.1, 0.15) is 27.6 Å². The highest BCUT2D eigenvalue weighted by molar-refractivity contribution is 9.10. The Morgan fingerprint density at radius 2 is 2.25 bits per heavy atom. The molecule has 9 heteroatoms. The standard InChI is InChI=1S/C11H12BrN5O3/c1-5-9(12)6(2)17(11(19)14-5)4-7-3-8(16-20-7)10(18)15-13/h3H,4,13H2,1-2H3,(H,15,18). The summed E-state index contributed by atoms with van der Waals surface area (Å²) < 4.78 is 7.17. The Labute approximate surface area is 122 Å². The van der Waals surface area contributed by atoms with E-state index in [1.165, 1.54) is 10.6 Å². The number of nitrogens with one attached hydrogen (secondary N) is 1. The van der Waals surface area contributed by atoms with Gasteiger partial charge in [-0.15, -0.1) is 0 Å². The third-order valence-electron chi connectivity index (χ3n) is 2.77. The maximum absolute atomic E-state index is 11.9. The van der Waals surface area contributed by atoms with Crippen molar-refractivity contribution in [1.82, 2.24) is 20.1 Å². The number of amides is 1. The Morgan fingerprint density at radius 1 is 1.55 bits per heavy atom. The first kappa shape index (κ1) is 14.4. The van der Waals surface area contributed by atoms with Gasteiger partial charge in [0, 0.05) is 11.8 Å². The van der Waals surface area contributed by atoms with Crippen molar-refractivity contribution in [3.05, 3.63) is 43.9 Å². The normalized spacial score (nSPS) is 10.6. The average molecular weight is 342 g/mol. The van der Waals surface area contributed by atoms with Gasteiger partial charge in [0.2, 0.25) is 0 Å². The van der Waals surface area contributed by atoms with Crippen LogP contribution < -0.4 is 17.0 Å². The van der Waals surface area contributed by atoms with E-state index in [-0.39, 0.29) is 12.2 Å². The fourth-order valence-corrected chi connectivity index (χ4v) is 1.99. The number of aryl methyl sites for hydroxylation is 1. The van der Waals surface area contributed by atoms with Crippen molar-refractivity contribution in [2.24, 2.45) is 5.84 Å². The van der Waals surface area contributed by atoms with Crippen molar-refractivity contribution < 1.29 is 9.32 Å². The van der Waals surface area contributed by atoms with E-state index in [1.807, 2.05) is 5.43 Å². The lowest BCUT2D eigenvalue weighted by atomic mass is 10.3. The molecule has 2 aromatic rings. The number of nitrogens with two attached hydrogens (primary N) is 1. The van der Waals surface area contributed by atoms with Crippen LogP contribution >= 0.6 is 15.9 Å². The number of nitrogens with zero attached hydrogens (tertiary/aromatic N) is 3. The summed E-state index contributed by atoms with van der Waals surface area (Å²) in [5, 5.41) is 3.57. The third-order valence-corrected chi connectivity index (χ3v) is 3.92. The maximum atomic E-state index is 11.9. The molecule has 8 nitrogen and oxygen atoms in total. The van der Waals surface area contributed by atoms with Gasteiger partial charge in [0.05, 0.1) is 16.7 Å². The Hall–Kier alpha value is -2.00. The van der Waals surface area contributed by atoms with Gasteiger partial charge in [-0.05, 0) is 29.8 Å². The number of nitrogen functional groups attached to an aromatic ring is 1. The number of carbonyl (C=O) groups is 1. The summed E-state index contributed by atoms with van der Waals surface area (Å²) in [4.78, 5) is 27.0. The zero-order valence-corrected chi connectivity index (χ0v) is 12.4. The first-order valence-corrected chi connectivity index (χ1v) is 6.43. The molecule has 0 spiro atoms. The van der Waals surface area contributed by atoms with E-state index >= 15 is 0 Å². The Kier molecular flexibility index (Phi) is 4.00. The van der Waals surface area contributed by atoms with E-state index in [0.29, 0.717) is 17.1 Å². The highest BCUT2D eigenvalue weighted by Crippen LogP contribution is 2.17. The van der Waals surface area contributed by atoms with Crippen molar-refractivity contribution in [3.8, 4) is 0 Å². The summed E-state index contributed by atoms with van der Waals surface area (Å²) >= 11 is 3.37. The highest BCUT2D eigenvalue weighted by Gasteiger charge is 2.14. The number of hydrazine groups is 1. The molecule has 0 bridgehead atoms. The van der Waals surface area contributed by atoms with Gasteiger partial charge in [-0.3, -0.25) is 14.8 Å². The number of hydrogen-bond donors (Lipinski definition) is 2. The summed E-state index contributed by atoms with van der Waals surface area (Å²) in [6.07, 6.45) is 0. The van der Waals surface area contributed by atoms with Crippen LogP contribution in [0.4, 0.5) is 0 Å². The molecular formula is C11H12BrN5O3. The van der Waals surface area contributed by atoms with E-state index < -0.39 is 11.6 Å². The van der Waals surface area contributed by atoms with Crippen LogP contribution in [0, 0.1) is 13.8 Å². The Bertz CT molecular complexity index is 721. The van der Waals surface area contributed by atoms with Crippen molar-refractivity contribution in [1.29, 1.82) is 0 Å². The molecule has 0 radical (unpaired) electrons. The molecule has 1 amide bonds. The van der Waals surface area contributed by atoms with Crippen molar-refractivity contribution in [2.75, 3.05) is 0 Å². The largest absolute Gasteiger partial charge is 0.359 e. The minimum Gasteiger partial charge on any atom is -0.359 e. The van der Waals surface area contributed by atoms with Gasteiger partial charge in [-0.1, -0.05) is 5.16 Å². The predicted molar refractivity (Wildman–Crippen MR) is 72.9 cm³/mol. The second-order valence-electron chi connectivity index (χ2n) is 4.12. The molecule has 2 heterocycles. The SMILES string of the molecule is Cc1nc(=O)n(Cc2cc(C(=O)NN)no2)c(C)c1Br. The van der Waals surface area contributed by atoms with Crippen molar-refractivity contribution in [3.63, 3.8) is 0 Å². The molecule has 106 valence electrons. The first-order valence-electron chi connectivity index (χ1n) is 5.64. The molecule has 0 aliphatic carbocycles. The Balaban J connectivity index is 2.36. The average Bonchev–Trinajstić information content (AvgIpc) is 2.89. The topological polar surface area (TPSA) is 116 Å². The number of carbonyl (C=O) groups excluding carboxylic acids is 1. The van der Waals surface area contributed by atoms with E-state index in [1.54, 1.807) is 13.8 Å². The van der Waals surface area contributed by atoms with E-state index in [0.717, 1.165) is 4.47 Å². The van der Waals surface area contributed by atoms with Crippen LogP contribution in [0.25, 0.3) is 0 Å². The molecule has 0 aliphatic rings. The number of halogens is 1. The third kappa shape index (κ3) is 2.63. The first-order chi connectivity index (χ1) is 9.43. The highest BCUT2D eigenvalue weighted by atomic mass is 79.9. The van der Waals surface area contributed by atoms with Gasteiger partial charge >= 0.3 is 5.69 Å². The molecule has 0 atom stereocenters. The molecule has 0 aliphatic heterocycles. The van der Waals surface area contributed by atoms with Crippen molar-refractivity contribution in [2.45, 2.75) is 20.4 Å². The van der Waals surface area contributed by atoms with Gasteiger partial charge in [0.15, 0.2) is 11.5 Å². The Morgan fingerprint density at radius 3 is 2.90 bits per heavy atom. The molecule has 0 saturated heterocycles. The second-order valence-corrected chi connectivity index (χ2v) is 4.91. The lowest BCUT2D eigenvalue weighted by Gasteiger charge is -2.10. The quantitative estimate of drug-likeness (QED) is 0.470. The minimum absolute atomic E-state index is 0.0485. The fourth-order valence-electron chi connectivity index (χ4n) is 1.69. The van der Waals surface area contributed by atoms with E-state index in [2.05, 4.69) is 26.1 Å². The number of aromatic nitrogens is 3. The molecular weight excluding hydrogens is 330 g/mol. The van der Waals surface area contributed by atoms with Gasteiger partial charge in [-0.2, -0.15) is 4.98 Å². The number of hydrogen-bond acceptors (Lipinski definition) is 6. The van der Waals surface area contributed by atoms with Crippen LogP contribution in [0.15, 0.2) is 19.9 Å². The molecule has 2 rings (SSSR count). The van der Waals surface area contributed by atoms with Crippen LogP contribution in [-0.2, 0) is 6.54 Å². The zero-order valence-electron chi connectivity index (χ0n) is 10.8. The number of rotatable bonds is 3. The molecule has 20 heavy (non-hydrogen) atoms. The van der Waals surface area contributed by atoms with Crippen LogP contribution in [0.3, 0.4) is 0 Å². The van der Waals surface area contributed by atoms with E-state index in [9.17, 15) is 9.59 Å². The van der Waals surface area contributed by atoms with Crippen LogP contribution in [-0.4, -0.2) is 20.6 Å². The second kappa shape index (κ2) is 5.55. The van der Waals surface area contributed by atoms with Gasteiger partial charge < -0.3 is 4.52 Å². The van der Waals surface area contributed by atoms with Crippen molar-refractivity contribution >= 4 is 21.8 Å². The molecule has 0 fully saturated rings. The van der Waals surface area contributed by atoms with Crippen LogP contribution in [0.2, 0.25) is 0 Å². The summed E-state index contributed by atoms with van der Waals surface area (Å²) in [5.41, 5.74) is 2.92. The fraction of sp³-hybridized carbons (Fsp3) is 0.273. The summed E-state index contributed by atoms with van der Waals surface area (Å²) in [6.45, 7) is 3.65. The summed E-state index contributed by atoms with van der Waals surface area (Å²) in [7, 11) is 0. The zero-order chi connectivity index (χ0) is 14.9. The summed E-state index contributed by atoms with van der Waals surface area (Å²) in [6, 6.07) is 1.42. The lowest BCUT2D eigenvalue weighted by Crippen LogP contribution is -2.30. The smallest absolute Gasteiger partial charge is 0.348 e. The van der Waals surface area contributed by atoms with Gasteiger partial charge in [0.1, 0.15) is 0 Å². The predicted octanol–water partition coefficient (Wildman–Crippen LogP) is 0.262. The van der Waals surface area contributed by atoms with Gasteiger partial charge in [-0.25, -0.2) is 10.6 Å². The minimum atomic E-state index is -0.563. The molecule has 0 aromatic carbocycles. The van der Waals surface area contributed by atoms with Crippen LogP contribution in [0.5, 0.6) is 0 Å². The van der Waals surface area contributed by atoms with Gasteiger partial charge in [0.25, 0.3) is 5.91 Å².